The number of hydrogen-bond donors (Lipinski definition) is 1. The fourth-order valence-electron chi connectivity index (χ4n) is 1.80. The molecule has 0 bridgehead atoms. The molecule has 1 N–H and O–H groups in total. The minimum atomic E-state index is -0.415. The number of halogens is 1. The molecule has 0 spiro atoms. The molecule has 0 saturated carbocycles. The predicted octanol–water partition coefficient (Wildman–Crippen LogP) is 2.79. The Bertz CT molecular complexity index is 465. The van der Waals surface area contributed by atoms with Crippen LogP contribution in [0.5, 0.6) is 11.5 Å². The van der Waals surface area contributed by atoms with Crippen LogP contribution in [0.4, 0.5) is 0 Å². The second kappa shape index (κ2) is 9.47. The SMILES string of the molecule is CCCNCc1cc(Cl)cc(OC)c1OCC(=O)OCC. The zero-order valence-electron chi connectivity index (χ0n) is 12.7. The minimum absolute atomic E-state index is 0.160. The number of carbonyl (C=O) groups is 1. The first-order valence-electron chi connectivity index (χ1n) is 6.97. The van der Waals surface area contributed by atoms with Crippen molar-refractivity contribution in [3.05, 3.63) is 22.7 Å². The van der Waals surface area contributed by atoms with Crippen molar-refractivity contribution in [1.29, 1.82) is 0 Å². The van der Waals surface area contributed by atoms with Crippen LogP contribution >= 0.6 is 11.6 Å². The molecular formula is C15H22ClNO4. The van der Waals surface area contributed by atoms with Gasteiger partial charge in [-0.1, -0.05) is 18.5 Å². The van der Waals surface area contributed by atoms with Gasteiger partial charge in [-0.3, -0.25) is 0 Å². The molecule has 118 valence electrons. The lowest BCUT2D eigenvalue weighted by molar-refractivity contribution is -0.145. The fourth-order valence-corrected chi connectivity index (χ4v) is 2.03. The predicted molar refractivity (Wildman–Crippen MR) is 82.1 cm³/mol. The van der Waals surface area contributed by atoms with Gasteiger partial charge >= 0.3 is 5.97 Å². The number of carbonyl (C=O) groups excluding carboxylic acids is 1. The highest BCUT2D eigenvalue weighted by atomic mass is 35.5. The highest BCUT2D eigenvalue weighted by Gasteiger charge is 2.14. The highest BCUT2D eigenvalue weighted by Crippen LogP contribution is 2.34. The molecule has 0 atom stereocenters. The first kappa shape index (κ1) is 17.6. The third kappa shape index (κ3) is 5.81. The van der Waals surface area contributed by atoms with E-state index < -0.39 is 5.97 Å². The van der Waals surface area contributed by atoms with Crippen molar-refractivity contribution in [2.75, 3.05) is 26.9 Å². The van der Waals surface area contributed by atoms with E-state index in [1.807, 2.05) is 0 Å². The molecule has 0 aliphatic carbocycles. The summed E-state index contributed by atoms with van der Waals surface area (Å²) in [4.78, 5) is 11.4. The van der Waals surface area contributed by atoms with Gasteiger partial charge in [-0.15, -0.1) is 0 Å². The number of ether oxygens (including phenoxy) is 3. The molecule has 1 rings (SSSR count). The molecule has 0 aliphatic rings. The van der Waals surface area contributed by atoms with E-state index >= 15 is 0 Å². The first-order valence-corrected chi connectivity index (χ1v) is 7.35. The van der Waals surface area contributed by atoms with Crippen molar-refractivity contribution in [2.45, 2.75) is 26.8 Å². The summed E-state index contributed by atoms with van der Waals surface area (Å²) in [7, 11) is 1.53. The normalized spacial score (nSPS) is 10.3. The van der Waals surface area contributed by atoms with E-state index in [0.717, 1.165) is 18.5 Å². The summed E-state index contributed by atoms with van der Waals surface area (Å²) in [5.41, 5.74) is 0.845. The van der Waals surface area contributed by atoms with E-state index in [9.17, 15) is 4.79 Å². The Labute approximate surface area is 130 Å². The summed E-state index contributed by atoms with van der Waals surface area (Å²) in [5.74, 6) is 0.598. The largest absolute Gasteiger partial charge is 0.493 e. The van der Waals surface area contributed by atoms with E-state index in [1.54, 1.807) is 19.1 Å². The second-order valence-corrected chi connectivity index (χ2v) is 4.80. The molecular weight excluding hydrogens is 294 g/mol. The third-order valence-corrected chi connectivity index (χ3v) is 2.92. The Hall–Kier alpha value is -1.46. The van der Waals surface area contributed by atoms with Crippen LogP contribution < -0.4 is 14.8 Å². The van der Waals surface area contributed by atoms with Crippen molar-refractivity contribution in [3.63, 3.8) is 0 Å². The zero-order valence-corrected chi connectivity index (χ0v) is 13.5. The maximum absolute atomic E-state index is 11.4. The Morgan fingerprint density at radius 3 is 2.71 bits per heavy atom. The Morgan fingerprint density at radius 1 is 1.33 bits per heavy atom. The van der Waals surface area contributed by atoms with Crippen LogP contribution in [0.15, 0.2) is 12.1 Å². The molecule has 6 heteroatoms. The summed E-state index contributed by atoms with van der Waals surface area (Å²) in [5, 5.41) is 3.83. The van der Waals surface area contributed by atoms with E-state index in [4.69, 9.17) is 25.8 Å². The summed E-state index contributed by atoms with van der Waals surface area (Å²) in [6.45, 7) is 5.47. The maximum atomic E-state index is 11.4. The van der Waals surface area contributed by atoms with Gasteiger partial charge in [0.25, 0.3) is 0 Å². The molecule has 0 aromatic heterocycles. The van der Waals surface area contributed by atoms with Crippen molar-refractivity contribution in [3.8, 4) is 11.5 Å². The first-order chi connectivity index (χ1) is 10.1. The van der Waals surface area contributed by atoms with E-state index in [0.29, 0.717) is 29.7 Å². The molecule has 5 nitrogen and oxygen atoms in total. The fraction of sp³-hybridized carbons (Fsp3) is 0.533. The van der Waals surface area contributed by atoms with Gasteiger partial charge < -0.3 is 19.5 Å². The van der Waals surface area contributed by atoms with Crippen LogP contribution in [-0.2, 0) is 16.1 Å². The summed E-state index contributed by atoms with van der Waals surface area (Å²) < 4.78 is 15.7. The average molecular weight is 316 g/mol. The summed E-state index contributed by atoms with van der Waals surface area (Å²) in [6.07, 6.45) is 1.02. The van der Waals surface area contributed by atoms with Crippen LogP contribution in [0.1, 0.15) is 25.8 Å². The van der Waals surface area contributed by atoms with Crippen LogP contribution in [0.2, 0.25) is 5.02 Å². The van der Waals surface area contributed by atoms with Crippen LogP contribution in [0, 0.1) is 0 Å². The van der Waals surface area contributed by atoms with Crippen molar-refractivity contribution >= 4 is 17.6 Å². The van der Waals surface area contributed by atoms with Crippen LogP contribution in [-0.4, -0.2) is 32.8 Å². The van der Waals surface area contributed by atoms with E-state index in [1.165, 1.54) is 7.11 Å². The third-order valence-electron chi connectivity index (χ3n) is 2.70. The highest BCUT2D eigenvalue weighted by molar-refractivity contribution is 6.30. The quantitative estimate of drug-likeness (QED) is 0.561. The van der Waals surface area contributed by atoms with Gasteiger partial charge in [0.2, 0.25) is 0 Å². The monoisotopic (exact) mass is 315 g/mol. The summed E-state index contributed by atoms with van der Waals surface area (Å²) >= 11 is 6.07. The van der Waals surface area contributed by atoms with Gasteiger partial charge in [0, 0.05) is 23.2 Å². The lowest BCUT2D eigenvalue weighted by Gasteiger charge is -2.15. The van der Waals surface area contributed by atoms with E-state index in [-0.39, 0.29) is 6.61 Å². The molecule has 21 heavy (non-hydrogen) atoms. The van der Waals surface area contributed by atoms with Gasteiger partial charge in [-0.25, -0.2) is 4.79 Å². The molecule has 0 unspecified atom stereocenters. The topological polar surface area (TPSA) is 56.8 Å². The van der Waals surface area contributed by atoms with Crippen LogP contribution in [0.25, 0.3) is 0 Å². The number of rotatable bonds is 9. The molecule has 0 aliphatic heterocycles. The molecule has 1 aromatic carbocycles. The number of esters is 1. The lowest BCUT2D eigenvalue weighted by Crippen LogP contribution is -2.18. The standard InChI is InChI=1S/C15H22ClNO4/c1-4-6-17-9-11-7-12(16)8-13(19-3)15(11)21-10-14(18)20-5-2/h7-8,17H,4-6,9-10H2,1-3H3. The van der Waals surface area contributed by atoms with Gasteiger partial charge in [0.15, 0.2) is 18.1 Å². The average Bonchev–Trinajstić information content (AvgIpc) is 2.46. The number of methoxy groups -OCH3 is 1. The zero-order chi connectivity index (χ0) is 15.7. The van der Waals surface area contributed by atoms with E-state index in [2.05, 4.69) is 12.2 Å². The van der Waals surface area contributed by atoms with Crippen molar-refractivity contribution in [2.24, 2.45) is 0 Å². The number of hydrogen-bond acceptors (Lipinski definition) is 5. The molecule has 0 amide bonds. The smallest absolute Gasteiger partial charge is 0.344 e. The molecule has 0 saturated heterocycles. The van der Waals surface area contributed by atoms with Crippen LogP contribution in [0.3, 0.4) is 0 Å². The second-order valence-electron chi connectivity index (χ2n) is 4.37. The minimum Gasteiger partial charge on any atom is -0.493 e. The molecule has 0 fully saturated rings. The lowest BCUT2D eigenvalue weighted by atomic mass is 10.1. The number of benzene rings is 1. The van der Waals surface area contributed by atoms with Gasteiger partial charge in [-0.2, -0.15) is 0 Å². The van der Waals surface area contributed by atoms with Crippen molar-refractivity contribution in [1.82, 2.24) is 5.32 Å². The molecule has 0 heterocycles. The molecule has 0 radical (unpaired) electrons. The van der Waals surface area contributed by atoms with Gasteiger partial charge in [0.1, 0.15) is 0 Å². The maximum Gasteiger partial charge on any atom is 0.344 e. The van der Waals surface area contributed by atoms with Gasteiger partial charge in [-0.05, 0) is 26.0 Å². The molecule has 1 aromatic rings. The Morgan fingerprint density at radius 2 is 2.10 bits per heavy atom. The van der Waals surface area contributed by atoms with Gasteiger partial charge in [0.05, 0.1) is 13.7 Å². The van der Waals surface area contributed by atoms with Crippen molar-refractivity contribution < 1.29 is 19.0 Å². The summed E-state index contributed by atoms with van der Waals surface area (Å²) in [6, 6.07) is 3.46. The number of nitrogens with one attached hydrogen (secondary N) is 1. The Kier molecular flexibility index (Phi) is 7.93. The Balaban J connectivity index is 2.88.